The summed E-state index contributed by atoms with van der Waals surface area (Å²) in [6, 6.07) is 8.11. The van der Waals surface area contributed by atoms with Gasteiger partial charge >= 0.3 is 6.18 Å². The molecule has 0 aliphatic carbocycles. The van der Waals surface area contributed by atoms with E-state index in [1.807, 2.05) is 0 Å². The first kappa shape index (κ1) is 23.1. The van der Waals surface area contributed by atoms with Crippen molar-refractivity contribution in [2.24, 2.45) is 0 Å². The minimum Gasteiger partial charge on any atom is -0.481 e. The van der Waals surface area contributed by atoms with Gasteiger partial charge in [-0.15, -0.1) is 0 Å². The molecule has 0 radical (unpaired) electrons. The van der Waals surface area contributed by atoms with E-state index in [0.29, 0.717) is 22.4 Å². The van der Waals surface area contributed by atoms with Crippen molar-refractivity contribution in [3.63, 3.8) is 0 Å². The van der Waals surface area contributed by atoms with Crippen LogP contribution in [0.1, 0.15) is 28.7 Å². The zero-order chi connectivity index (χ0) is 24.7. The van der Waals surface area contributed by atoms with Crippen molar-refractivity contribution in [2.45, 2.75) is 19.0 Å². The molecule has 176 valence electrons. The second kappa shape index (κ2) is 8.36. The lowest BCUT2D eigenvalue weighted by molar-refractivity contribution is -0.143. The van der Waals surface area contributed by atoms with Gasteiger partial charge in [-0.3, -0.25) is 9.78 Å². The Bertz CT molecular complexity index is 1380. The molecule has 0 atom stereocenters. The molecule has 3 aromatic heterocycles. The van der Waals surface area contributed by atoms with Gasteiger partial charge in [0.25, 0.3) is 11.8 Å². The lowest BCUT2D eigenvalue weighted by Crippen LogP contribution is -2.21. The summed E-state index contributed by atoms with van der Waals surface area (Å²) in [5.74, 6) is -4.26. The molecule has 0 aliphatic rings. The fourth-order valence-corrected chi connectivity index (χ4v) is 3.43. The Morgan fingerprint density at radius 3 is 2.44 bits per heavy atom. The zero-order valence-corrected chi connectivity index (χ0v) is 17.7. The van der Waals surface area contributed by atoms with Crippen LogP contribution in [0.3, 0.4) is 0 Å². The predicted octanol–water partition coefficient (Wildman–Crippen LogP) is 5.21. The topological polar surface area (TPSA) is 81.9 Å². The molecule has 34 heavy (non-hydrogen) atoms. The number of methoxy groups -OCH3 is 1. The molecule has 0 saturated heterocycles. The van der Waals surface area contributed by atoms with E-state index in [4.69, 9.17) is 4.74 Å². The number of ether oxygens (including phenoxy) is 1. The van der Waals surface area contributed by atoms with E-state index < -0.39 is 35.0 Å². The van der Waals surface area contributed by atoms with Gasteiger partial charge in [-0.25, -0.2) is 9.67 Å². The van der Waals surface area contributed by atoms with Crippen molar-refractivity contribution in [3.05, 3.63) is 71.9 Å². The van der Waals surface area contributed by atoms with Crippen molar-refractivity contribution in [3.8, 4) is 11.6 Å². The number of fused-ring (bicyclic) bond motifs is 1. The number of benzene rings is 1. The fourth-order valence-electron chi connectivity index (χ4n) is 3.43. The predicted molar refractivity (Wildman–Crippen MR) is 112 cm³/mol. The molecule has 7 nitrogen and oxygen atoms in total. The van der Waals surface area contributed by atoms with Gasteiger partial charge in [0.2, 0.25) is 5.88 Å². The Morgan fingerprint density at radius 2 is 1.76 bits per heavy atom. The summed E-state index contributed by atoms with van der Waals surface area (Å²) in [4.78, 5) is 20.3. The zero-order valence-electron chi connectivity index (χ0n) is 17.7. The summed E-state index contributed by atoms with van der Waals surface area (Å²) < 4.78 is 75.2. The molecular formula is C22H16F5N5O2. The third kappa shape index (κ3) is 4.26. The maximum Gasteiger partial charge on any atom is 0.434 e. The molecule has 3 heterocycles. The number of alkyl halides is 5. The van der Waals surface area contributed by atoms with Gasteiger partial charge in [-0.1, -0.05) is 6.07 Å². The monoisotopic (exact) mass is 477 g/mol. The highest BCUT2D eigenvalue weighted by atomic mass is 19.4. The normalized spacial score (nSPS) is 12.1. The number of nitrogens with zero attached hydrogens (tertiary/aromatic N) is 4. The minimum atomic E-state index is -4.97. The molecule has 1 aromatic carbocycles. The summed E-state index contributed by atoms with van der Waals surface area (Å²) >= 11 is 0. The summed E-state index contributed by atoms with van der Waals surface area (Å²) in [6.45, 7) is 0.613. The third-order valence-corrected chi connectivity index (χ3v) is 4.92. The van der Waals surface area contributed by atoms with Crippen LogP contribution in [0.4, 0.5) is 27.6 Å². The summed E-state index contributed by atoms with van der Waals surface area (Å²) in [5.41, 5.74) is -2.86. The van der Waals surface area contributed by atoms with Crippen molar-refractivity contribution in [2.75, 3.05) is 12.4 Å². The molecule has 0 bridgehead atoms. The van der Waals surface area contributed by atoms with E-state index in [1.165, 1.54) is 37.6 Å². The first-order valence-electron chi connectivity index (χ1n) is 9.73. The van der Waals surface area contributed by atoms with Crippen LogP contribution >= 0.6 is 0 Å². The van der Waals surface area contributed by atoms with Crippen LogP contribution in [0.2, 0.25) is 0 Å². The van der Waals surface area contributed by atoms with Crippen molar-refractivity contribution >= 4 is 22.4 Å². The SMILES string of the molecule is COc1nccc2c(-n3ncc(C(=O)Nc4ccnc(C(C)(F)F)c4)c3C(F)(F)F)cccc12. The van der Waals surface area contributed by atoms with Crippen LogP contribution in [-0.2, 0) is 12.1 Å². The Balaban J connectivity index is 1.80. The Hall–Kier alpha value is -4.09. The van der Waals surface area contributed by atoms with Gasteiger partial charge in [-0.2, -0.15) is 27.1 Å². The van der Waals surface area contributed by atoms with E-state index in [1.54, 1.807) is 6.07 Å². The van der Waals surface area contributed by atoms with Crippen LogP contribution in [-0.4, -0.2) is 32.8 Å². The van der Waals surface area contributed by atoms with E-state index in [9.17, 15) is 26.7 Å². The van der Waals surface area contributed by atoms with E-state index >= 15 is 0 Å². The number of aromatic nitrogens is 4. The van der Waals surface area contributed by atoms with Crippen molar-refractivity contribution < 1.29 is 31.5 Å². The van der Waals surface area contributed by atoms with Crippen LogP contribution in [0.25, 0.3) is 16.5 Å². The summed E-state index contributed by atoms with van der Waals surface area (Å²) in [7, 11) is 1.38. The summed E-state index contributed by atoms with van der Waals surface area (Å²) in [5, 5.41) is 6.83. The molecule has 4 rings (SSSR count). The Morgan fingerprint density at radius 1 is 1.03 bits per heavy atom. The molecular weight excluding hydrogens is 461 g/mol. The molecule has 0 aliphatic heterocycles. The molecule has 12 heteroatoms. The number of hydrogen-bond donors (Lipinski definition) is 1. The van der Waals surface area contributed by atoms with Gasteiger partial charge in [0, 0.05) is 35.8 Å². The van der Waals surface area contributed by atoms with Gasteiger partial charge in [0.15, 0.2) is 5.69 Å². The maximum atomic E-state index is 14.1. The molecule has 0 saturated carbocycles. The van der Waals surface area contributed by atoms with Crippen LogP contribution in [0, 0.1) is 0 Å². The molecule has 0 spiro atoms. The number of hydrogen-bond acceptors (Lipinski definition) is 5. The lowest BCUT2D eigenvalue weighted by Gasteiger charge is -2.15. The number of carbonyl (C=O) groups is 1. The first-order chi connectivity index (χ1) is 16.0. The molecule has 1 amide bonds. The first-order valence-corrected chi connectivity index (χ1v) is 9.73. The highest BCUT2D eigenvalue weighted by Crippen LogP contribution is 2.36. The lowest BCUT2D eigenvalue weighted by atomic mass is 10.1. The van der Waals surface area contributed by atoms with Gasteiger partial charge in [-0.05, 0) is 30.3 Å². The molecule has 0 unspecified atom stereocenters. The molecule has 1 N–H and O–H groups in total. The van der Waals surface area contributed by atoms with Crippen molar-refractivity contribution in [1.29, 1.82) is 0 Å². The minimum absolute atomic E-state index is 0.0430. The average molecular weight is 477 g/mol. The fraction of sp³-hybridized carbons (Fsp3) is 0.182. The highest BCUT2D eigenvalue weighted by Gasteiger charge is 2.41. The average Bonchev–Trinajstić information content (AvgIpc) is 3.24. The smallest absolute Gasteiger partial charge is 0.434 e. The number of nitrogens with one attached hydrogen (secondary N) is 1. The number of amides is 1. The van der Waals surface area contributed by atoms with E-state index in [0.717, 1.165) is 18.5 Å². The Labute approximate surface area is 189 Å². The highest BCUT2D eigenvalue weighted by molar-refractivity contribution is 6.05. The van der Waals surface area contributed by atoms with Gasteiger partial charge < -0.3 is 10.1 Å². The third-order valence-electron chi connectivity index (χ3n) is 4.92. The van der Waals surface area contributed by atoms with E-state index in [2.05, 4.69) is 20.4 Å². The van der Waals surface area contributed by atoms with E-state index in [-0.39, 0.29) is 17.3 Å². The second-order valence-electron chi connectivity index (χ2n) is 7.28. The number of anilines is 1. The summed E-state index contributed by atoms with van der Waals surface area (Å²) in [6.07, 6.45) is -1.80. The van der Waals surface area contributed by atoms with Crippen LogP contribution < -0.4 is 10.1 Å². The standard InChI is InChI=1S/C22H16F5N5O2/c1-21(23,24)17-10-12(6-8-28-17)31-19(33)15-11-30-32(18(15)22(25,26)27)16-5-3-4-14-13(16)7-9-29-20(14)34-2/h3-11H,1-2H3,(H,28,31,33). The quantitative estimate of drug-likeness (QED) is 0.399. The molecule has 0 fully saturated rings. The second-order valence-corrected chi connectivity index (χ2v) is 7.28. The Kier molecular flexibility index (Phi) is 5.67. The molecule has 4 aromatic rings. The van der Waals surface area contributed by atoms with Crippen molar-refractivity contribution in [1.82, 2.24) is 19.7 Å². The maximum absolute atomic E-state index is 14.1. The van der Waals surface area contributed by atoms with Gasteiger partial charge in [0.1, 0.15) is 5.69 Å². The largest absolute Gasteiger partial charge is 0.481 e. The number of pyridine rings is 2. The van der Waals surface area contributed by atoms with Crippen LogP contribution in [0.15, 0.2) is 55.0 Å². The van der Waals surface area contributed by atoms with Crippen LogP contribution in [0.5, 0.6) is 5.88 Å². The van der Waals surface area contributed by atoms with Gasteiger partial charge in [0.05, 0.1) is 24.6 Å². The number of halogens is 5. The number of carbonyl (C=O) groups excluding carboxylic acids is 1. The number of rotatable bonds is 5.